The van der Waals surface area contributed by atoms with E-state index in [9.17, 15) is 4.79 Å². The second-order valence-corrected chi connectivity index (χ2v) is 8.82. The van der Waals surface area contributed by atoms with Crippen LogP contribution >= 0.6 is 34.7 Å². The zero-order valence-corrected chi connectivity index (χ0v) is 16.0. The lowest BCUT2D eigenvalue weighted by molar-refractivity contribution is -0.115. The summed E-state index contributed by atoms with van der Waals surface area (Å²) in [5.41, 5.74) is 2.12. The van der Waals surface area contributed by atoms with Gasteiger partial charge in [-0.25, -0.2) is 9.97 Å². The normalized spacial score (nSPS) is 14.5. The maximum absolute atomic E-state index is 12.5. The number of amides is 1. The molecule has 0 unspecified atom stereocenters. The van der Waals surface area contributed by atoms with Crippen LogP contribution in [0.25, 0.3) is 10.2 Å². The summed E-state index contributed by atoms with van der Waals surface area (Å²) in [7, 11) is 0. The Bertz CT molecular complexity index is 939. The van der Waals surface area contributed by atoms with Gasteiger partial charge in [0.1, 0.15) is 16.2 Å². The van der Waals surface area contributed by atoms with E-state index < -0.39 is 0 Å². The zero-order chi connectivity index (χ0) is 17.4. The van der Waals surface area contributed by atoms with Crippen molar-refractivity contribution in [2.45, 2.75) is 36.5 Å². The molecule has 0 saturated heterocycles. The summed E-state index contributed by atoms with van der Waals surface area (Å²) < 4.78 is 0. The van der Waals surface area contributed by atoms with Gasteiger partial charge in [0.15, 0.2) is 0 Å². The van der Waals surface area contributed by atoms with Gasteiger partial charge in [0.2, 0.25) is 5.91 Å². The van der Waals surface area contributed by atoms with Crippen molar-refractivity contribution in [3.05, 3.63) is 46.1 Å². The van der Waals surface area contributed by atoms with Crippen LogP contribution in [0.2, 0.25) is 5.02 Å². The maximum Gasteiger partial charge on any atom is 0.237 e. The summed E-state index contributed by atoms with van der Waals surface area (Å²) in [5, 5.41) is 5.37. The predicted molar refractivity (Wildman–Crippen MR) is 105 cm³/mol. The lowest BCUT2D eigenvalue weighted by Gasteiger charge is -2.12. The third kappa shape index (κ3) is 3.38. The minimum atomic E-state index is -0.259. The number of fused-ring (bicyclic) bond motifs is 3. The van der Waals surface area contributed by atoms with Crippen molar-refractivity contribution in [3.8, 4) is 0 Å². The largest absolute Gasteiger partial charge is 0.325 e. The highest BCUT2D eigenvalue weighted by molar-refractivity contribution is 8.00. The van der Waals surface area contributed by atoms with Gasteiger partial charge < -0.3 is 5.32 Å². The van der Waals surface area contributed by atoms with Crippen molar-refractivity contribution >= 4 is 56.5 Å². The van der Waals surface area contributed by atoms with E-state index in [-0.39, 0.29) is 11.2 Å². The number of hydrogen-bond donors (Lipinski definition) is 1. The number of aromatic nitrogens is 2. The second kappa shape index (κ2) is 6.94. The van der Waals surface area contributed by atoms with E-state index >= 15 is 0 Å². The summed E-state index contributed by atoms with van der Waals surface area (Å²) in [6, 6.07) is 7.12. The molecule has 1 aromatic carbocycles. The molecule has 0 fully saturated rings. The first-order chi connectivity index (χ1) is 12.1. The fourth-order valence-corrected chi connectivity index (χ4v) is 5.35. The molecule has 1 atom stereocenters. The number of aryl methyl sites for hydroxylation is 2. The molecule has 4 rings (SSSR count). The Morgan fingerprint density at radius 2 is 2.08 bits per heavy atom. The average molecular weight is 390 g/mol. The molecule has 0 saturated carbocycles. The number of carbonyl (C=O) groups excluding carboxylic acids is 1. The first-order valence-electron chi connectivity index (χ1n) is 8.10. The molecule has 128 valence electrons. The van der Waals surface area contributed by atoms with Crippen molar-refractivity contribution in [1.82, 2.24) is 9.97 Å². The van der Waals surface area contributed by atoms with Crippen LogP contribution in [0.1, 0.15) is 23.8 Å². The molecule has 0 radical (unpaired) electrons. The third-order valence-corrected chi connectivity index (χ3v) is 6.79. The summed E-state index contributed by atoms with van der Waals surface area (Å²) in [4.78, 5) is 23.8. The molecular weight excluding hydrogens is 374 g/mol. The Morgan fingerprint density at radius 1 is 1.28 bits per heavy atom. The summed E-state index contributed by atoms with van der Waals surface area (Å²) in [5.74, 6) is -0.0500. The summed E-state index contributed by atoms with van der Waals surface area (Å²) in [6.45, 7) is 1.90. The Morgan fingerprint density at radius 3 is 2.88 bits per heavy atom. The van der Waals surface area contributed by atoms with Gasteiger partial charge in [-0.3, -0.25) is 4.79 Å². The first kappa shape index (κ1) is 16.8. The van der Waals surface area contributed by atoms with E-state index in [1.165, 1.54) is 28.6 Å². The molecule has 2 aromatic heterocycles. The number of rotatable bonds is 4. The number of halogens is 1. The van der Waals surface area contributed by atoms with Gasteiger partial charge >= 0.3 is 0 Å². The Kier molecular flexibility index (Phi) is 4.67. The first-order valence-corrected chi connectivity index (χ1v) is 10.2. The molecule has 0 spiro atoms. The van der Waals surface area contributed by atoms with Gasteiger partial charge in [0.05, 0.1) is 5.25 Å². The van der Waals surface area contributed by atoms with Gasteiger partial charge in [0, 0.05) is 21.0 Å². The van der Waals surface area contributed by atoms with Crippen molar-refractivity contribution in [1.29, 1.82) is 0 Å². The Labute approximate surface area is 159 Å². The zero-order valence-electron chi connectivity index (χ0n) is 13.6. The molecule has 1 aliphatic carbocycles. The van der Waals surface area contributed by atoms with Crippen LogP contribution in [0.5, 0.6) is 0 Å². The summed E-state index contributed by atoms with van der Waals surface area (Å²) >= 11 is 9.13. The molecule has 1 N–H and O–H groups in total. The number of anilines is 1. The SMILES string of the molecule is C[C@@H](Sc1ncnc2sc3c(c12)CCC3)C(=O)Nc1ccc(Cl)cc1. The topological polar surface area (TPSA) is 54.9 Å². The van der Waals surface area contributed by atoms with Crippen LogP contribution < -0.4 is 5.32 Å². The van der Waals surface area contributed by atoms with Crippen LogP contribution in [0.4, 0.5) is 5.69 Å². The van der Waals surface area contributed by atoms with E-state index in [0.29, 0.717) is 5.02 Å². The lowest BCUT2D eigenvalue weighted by Crippen LogP contribution is -2.22. The fraction of sp³-hybridized carbons (Fsp3) is 0.278. The van der Waals surface area contributed by atoms with Crippen LogP contribution in [0.3, 0.4) is 0 Å². The van der Waals surface area contributed by atoms with Gasteiger partial charge in [-0.15, -0.1) is 11.3 Å². The fourth-order valence-electron chi connectivity index (χ4n) is 2.99. The molecule has 3 aromatic rings. The molecular formula is C18H16ClN3OS2. The van der Waals surface area contributed by atoms with Crippen LogP contribution in [-0.4, -0.2) is 21.1 Å². The van der Waals surface area contributed by atoms with E-state index in [1.54, 1.807) is 41.9 Å². The van der Waals surface area contributed by atoms with E-state index in [2.05, 4.69) is 15.3 Å². The van der Waals surface area contributed by atoms with Crippen LogP contribution in [-0.2, 0) is 17.6 Å². The maximum atomic E-state index is 12.5. The molecule has 25 heavy (non-hydrogen) atoms. The second-order valence-electron chi connectivity index (χ2n) is 5.97. The average Bonchev–Trinajstić information content (AvgIpc) is 3.18. The molecule has 0 bridgehead atoms. The number of nitrogens with one attached hydrogen (secondary N) is 1. The van der Waals surface area contributed by atoms with Crippen LogP contribution in [0.15, 0.2) is 35.6 Å². The minimum Gasteiger partial charge on any atom is -0.325 e. The number of carbonyl (C=O) groups is 1. The molecule has 0 aliphatic heterocycles. The molecule has 7 heteroatoms. The number of thioether (sulfide) groups is 1. The number of benzene rings is 1. The Hall–Kier alpha value is -1.63. The highest BCUT2D eigenvalue weighted by Crippen LogP contribution is 2.40. The smallest absolute Gasteiger partial charge is 0.237 e. The van der Waals surface area contributed by atoms with Gasteiger partial charge in [0.25, 0.3) is 0 Å². The quantitative estimate of drug-likeness (QED) is 0.506. The standard InChI is InChI=1S/C18H16ClN3OS2/c1-10(16(23)22-12-7-5-11(19)6-8-12)24-17-15-13-3-2-4-14(13)25-18(15)21-9-20-17/h5-10H,2-4H2,1H3,(H,22,23)/t10-/m1/s1. The van der Waals surface area contributed by atoms with Gasteiger partial charge in [-0.05, 0) is 56.0 Å². The van der Waals surface area contributed by atoms with Crippen LogP contribution in [0, 0.1) is 0 Å². The van der Waals surface area contributed by atoms with Crippen molar-refractivity contribution in [2.24, 2.45) is 0 Å². The van der Waals surface area contributed by atoms with Gasteiger partial charge in [-0.2, -0.15) is 0 Å². The molecule has 4 nitrogen and oxygen atoms in total. The highest BCUT2D eigenvalue weighted by atomic mass is 35.5. The van der Waals surface area contributed by atoms with E-state index in [4.69, 9.17) is 11.6 Å². The van der Waals surface area contributed by atoms with Gasteiger partial charge in [-0.1, -0.05) is 23.4 Å². The molecule has 1 amide bonds. The van der Waals surface area contributed by atoms with Crippen molar-refractivity contribution in [2.75, 3.05) is 5.32 Å². The van der Waals surface area contributed by atoms with Crippen molar-refractivity contribution in [3.63, 3.8) is 0 Å². The number of nitrogens with zero attached hydrogens (tertiary/aromatic N) is 2. The third-order valence-electron chi connectivity index (χ3n) is 4.24. The number of hydrogen-bond acceptors (Lipinski definition) is 5. The Balaban J connectivity index is 1.54. The van der Waals surface area contributed by atoms with Crippen molar-refractivity contribution < 1.29 is 4.79 Å². The van der Waals surface area contributed by atoms with E-state index in [0.717, 1.165) is 33.8 Å². The lowest BCUT2D eigenvalue weighted by atomic mass is 10.2. The van der Waals surface area contributed by atoms with E-state index in [1.807, 2.05) is 6.92 Å². The molecule has 2 heterocycles. The summed E-state index contributed by atoms with van der Waals surface area (Å²) in [6.07, 6.45) is 5.01. The highest BCUT2D eigenvalue weighted by Gasteiger charge is 2.23. The minimum absolute atomic E-state index is 0.0500. The molecule has 1 aliphatic rings. The predicted octanol–water partition coefficient (Wildman–Crippen LogP) is 4.95. The number of thiophene rings is 1. The monoisotopic (exact) mass is 389 g/mol.